The van der Waals surface area contributed by atoms with Crippen molar-refractivity contribution in [3.63, 3.8) is 0 Å². The molecule has 0 saturated carbocycles. The van der Waals surface area contributed by atoms with Crippen LogP contribution in [0.15, 0.2) is 12.1 Å². The molecule has 104 valence electrons. The van der Waals surface area contributed by atoms with Crippen LogP contribution >= 0.6 is 0 Å². The summed E-state index contributed by atoms with van der Waals surface area (Å²) >= 11 is 0. The molecule has 0 unspecified atom stereocenters. The lowest BCUT2D eigenvalue weighted by Crippen LogP contribution is -2.08. The van der Waals surface area contributed by atoms with Crippen LogP contribution in [0.2, 0.25) is 0 Å². The first-order valence-corrected chi connectivity index (χ1v) is 8.08. The number of pyridine rings is 1. The van der Waals surface area contributed by atoms with Crippen molar-refractivity contribution in [2.75, 3.05) is 11.9 Å². The Morgan fingerprint density at radius 1 is 1.00 bits per heavy atom. The van der Waals surface area contributed by atoms with Gasteiger partial charge in [-0.05, 0) is 68.6 Å². The van der Waals surface area contributed by atoms with E-state index in [4.69, 9.17) is 4.98 Å². The van der Waals surface area contributed by atoms with Gasteiger partial charge >= 0.3 is 0 Å². The molecule has 0 fully saturated rings. The van der Waals surface area contributed by atoms with Crippen LogP contribution in [0, 0.1) is 0 Å². The predicted molar refractivity (Wildman–Crippen MR) is 84.6 cm³/mol. The van der Waals surface area contributed by atoms with Crippen molar-refractivity contribution in [3.05, 3.63) is 34.5 Å². The molecule has 1 aromatic carbocycles. The Morgan fingerprint density at radius 2 is 1.85 bits per heavy atom. The van der Waals surface area contributed by atoms with E-state index >= 15 is 0 Å². The zero-order valence-electron chi connectivity index (χ0n) is 12.3. The van der Waals surface area contributed by atoms with Crippen molar-refractivity contribution in [2.24, 2.45) is 0 Å². The molecule has 20 heavy (non-hydrogen) atoms. The first-order chi connectivity index (χ1) is 9.88. The molecule has 2 aliphatic rings. The van der Waals surface area contributed by atoms with Crippen LogP contribution < -0.4 is 5.32 Å². The number of hydrogen-bond acceptors (Lipinski definition) is 2. The molecule has 0 amide bonds. The van der Waals surface area contributed by atoms with Crippen molar-refractivity contribution in [1.29, 1.82) is 0 Å². The van der Waals surface area contributed by atoms with Gasteiger partial charge in [-0.15, -0.1) is 0 Å². The Labute approximate surface area is 120 Å². The van der Waals surface area contributed by atoms with Crippen molar-refractivity contribution in [2.45, 2.75) is 51.9 Å². The Hall–Kier alpha value is -1.57. The SMILES string of the molecule is CCNc1c2c(nc3c4c(ccc13)CCCC4)CCC2. The van der Waals surface area contributed by atoms with Crippen molar-refractivity contribution in [3.8, 4) is 0 Å². The van der Waals surface area contributed by atoms with Crippen molar-refractivity contribution in [1.82, 2.24) is 4.98 Å². The number of benzene rings is 1. The van der Waals surface area contributed by atoms with E-state index < -0.39 is 0 Å². The molecule has 0 radical (unpaired) electrons. The number of anilines is 1. The quantitative estimate of drug-likeness (QED) is 0.887. The van der Waals surface area contributed by atoms with Crippen LogP contribution in [0.25, 0.3) is 10.9 Å². The second-order valence-corrected chi connectivity index (χ2v) is 6.10. The van der Waals surface area contributed by atoms with Crippen LogP contribution in [0.5, 0.6) is 0 Å². The molecule has 1 N–H and O–H groups in total. The summed E-state index contributed by atoms with van der Waals surface area (Å²) in [4.78, 5) is 5.07. The van der Waals surface area contributed by atoms with Crippen LogP contribution in [0.4, 0.5) is 5.69 Å². The lowest BCUT2D eigenvalue weighted by molar-refractivity contribution is 0.689. The molecule has 0 atom stereocenters. The van der Waals surface area contributed by atoms with E-state index in [0.717, 1.165) is 13.0 Å². The summed E-state index contributed by atoms with van der Waals surface area (Å²) in [7, 11) is 0. The second-order valence-electron chi connectivity index (χ2n) is 6.10. The number of rotatable bonds is 2. The first-order valence-electron chi connectivity index (χ1n) is 8.08. The molecular weight excluding hydrogens is 244 g/mol. The number of aryl methyl sites for hydroxylation is 3. The van der Waals surface area contributed by atoms with Gasteiger partial charge in [0.1, 0.15) is 0 Å². The van der Waals surface area contributed by atoms with Crippen LogP contribution in [-0.2, 0) is 25.7 Å². The highest BCUT2D eigenvalue weighted by Crippen LogP contribution is 2.37. The standard InChI is InChI=1S/C18H22N2/c1-2-19-17-14-8-5-9-16(14)20-18-13-7-4-3-6-12(13)10-11-15(17)18/h10-11H,2-9H2,1H3,(H,19,20). The Bertz CT molecular complexity index is 673. The molecular formula is C18H22N2. The highest BCUT2D eigenvalue weighted by molar-refractivity contribution is 5.96. The molecule has 2 nitrogen and oxygen atoms in total. The fourth-order valence-electron chi connectivity index (χ4n) is 3.93. The summed E-state index contributed by atoms with van der Waals surface area (Å²) in [6.45, 7) is 3.18. The van der Waals surface area contributed by atoms with Gasteiger partial charge in [0.25, 0.3) is 0 Å². The van der Waals surface area contributed by atoms with Gasteiger partial charge in [-0.1, -0.05) is 12.1 Å². The molecule has 1 aromatic heterocycles. The average Bonchev–Trinajstić information content (AvgIpc) is 2.95. The number of fused-ring (bicyclic) bond motifs is 4. The van der Waals surface area contributed by atoms with Crippen LogP contribution in [0.3, 0.4) is 0 Å². The van der Waals surface area contributed by atoms with E-state index in [0.29, 0.717) is 0 Å². The van der Waals surface area contributed by atoms with Gasteiger partial charge in [0.05, 0.1) is 5.52 Å². The van der Waals surface area contributed by atoms with Crippen LogP contribution in [0.1, 0.15) is 48.6 Å². The molecule has 0 spiro atoms. The van der Waals surface area contributed by atoms with Crippen LogP contribution in [-0.4, -0.2) is 11.5 Å². The second kappa shape index (κ2) is 4.76. The molecule has 4 rings (SSSR count). The summed E-state index contributed by atoms with van der Waals surface area (Å²) in [6, 6.07) is 4.66. The molecule has 2 heteroatoms. The van der Waals surface area contributed by atoms with Gasteiger partial charge < -0.3 is 5.32 Å². The van der Waals surface area contributed by atoms with Gasteiger partial charge in [0.2, 0.25) is 0 Å². The normalized spacial score (nSPS) is 17.1. The number of nitrogens with one attached hydrogen (secondary N) is 1. The van der Waals surface area contributed by atoms with Gasteiger partial charge in [-0.25, -0.2) is 0 Å². The zero-order valence-corrected chi connectivity index (χ0v) is 12.3. The fraction of sp³-hybridized carbons (Fsp3) is 0.500. The van der Waals surface area contributed by atoms with Gasteiger partial charge in [-0.3, -0.25) is 4.98 Å². The fourth-order valence-corrected chi connectivity index (χ4v) is 3.93. The Balaban J connectivity index is 2.03. The molecule has 0 aliphatic heterocycles. The third-order valence-electron chi connectivity index (χ3n) is 4.86. The number of nitrogens with zero attached hydrogens (tertiary/aromatic N) is 1. The predicted octanol–water partition coefficient (Wildman–Crippen LogP) is 4.03. The number of aromatic nitrogens is 1. The van der Waals surface area contributed by atoms with E-state index in [1.165, 1.54) is 77.5 Å². The van der Waals surface area contributed by atoms with E-state index in [1.54, 1.807) is 0 Å². The maximum absolute atomic E-state index is 5.07. The zero-order chi connectivity index (χ0) is 13.5. The van der Waals surface area contributed by atoms with Crippen molar-refractivity contribution < 1.29 is 0 Å². The number of hydrogen-bond donors (Lipinski definition) is 1. The highest BCUT2D eigenvalue weighted by Gasteiger charge is 2.22. The minimum absolute atomic E-state index is 0.989. The molecule has 0 saturated heterocycles. The third-order valence-corrected chi connectivity index (χ3v) is 4.86. The smallest absolute Gasteiger partial charge is 0.0760 e. The van der Waals surface area contributed by atoms with E-state index in [9.17, 15) is 0 Å². The molecule has 0 bridgehead atoms. The topological polar surface area (TPSA) is 24.9 Å². The monoisotopic (exact) mass is 266 g/mol. The molecule has 2 aromatic rings. The lowest BCUT2D eigenvalue weighted by atomic mass is 9.89. The summed E-state index contributed by atoms with van der Waals surface area (Å²) in [5.41, 5.74) is 8.57. The third kappa shape index (κ3) is 1.74. The van der Waals surface area contributed by atoms with Gasteiger partial charge in [0, 0.05) is 23.3 Å². The van der Waals surface area contributed by atoms with Gasteiger partial charge in [-0.2, -0.15) is 0 Å². The van der Waals surface area contributed by atoms with E-state index in [-0.39, 0.29) is 0 Å². The maximum atomic E-state index is 5.07. The van der Waals surface area contributed by atoms with Gasteiger partial charge in [0.15, 0.2) is 0 Å². The summed E-state index contributed by atoms with van der Waals surface area (Å²) < 4.78 is 0. The largest absolute Gasteiger partial charge is 0.384 e. The summed E-state index contributed by atoms with van der Waals surface area (Å²) in [5, 5.41) is 4.97. The summed E-state index contributed by atoms with van der Waals surface area (Å²) in [6.07, 6.45) is 8.72. The Kier molecular flexibility index (Phi) is 2.90. The Morgan fingerprint density at radius 3 is 2.75 bits per heavy atom. The lowest BCUT2D eigenvalue weighted by Gasteiger charge is -2.20. The average molecular weight is 266 g/mol. The molecule has 1 heterocycles. The van der Waals surface area contributed by atoms with Crippen molar-refractivity contribution >= 4 is 16.6 Å². The highest BCUT2D eigenvalue weighted by atomic mass is 14.9. The maximum Gasteiger partial charge on any atom is 0.0760 e. The minimum atomic E-state index is 0.989. The molecule has 2 aliphatic carbocycles. The van der Waals surface area contributed by atoms with E-state index in [2.05, 4.69) is 24.4 Å². The summed E-state index contributed by atoms with van der Waals surface area (Å²) in [5.74, 6) is 0. The van der Waals surface area contributed by atoms with E-state index in [1.807, 2.05) is 0 Å². The first kappa shape index (κ1) is 12.2. The minimum Gasteiger partial charge on any atom is -0.384 e.